The van der Waals surface area contributed by atoms with Gasteiger partial charge in [0.2, 0.25) is 0 Å². The van der Waals surface area contributed by atoms with Crippen molar-refractivity contribution in [2.24, 2.45) is 5.41 Å². The number of hydrogen-bond donors (Lipinski definition) is 1. The minimum atomic E-state index is 0.603. The molecule has 1 spiro atoms. The van der Waals surface area contributed by atoms with Gasteiger partial charge in [-0.3, -0.25) is 9.58 Å². The molecule has 5 heteroatoms. The summed E-state index contributed by atoms with van der Waals surface area (Å²) in [5, 5.41) is 12.3. The second kappa shape index (κ2) is 6.14. The highest BCUT2D eigenvalue weighted by molar-refractivity contribution is 7.07. The van der Waals surface area contributed by atoms with Crippen LogP contribution in [0.2, 0.25) is 0 Å². The summed E-state index contributed by atoms with van der Waals surface area (Å²) in [6, 6.07) is 5.04. The van der Waals surface area contributed by atoms with Crippen LogP contribution in [0, 0.1) is 5.41 Å². The highest BCUT2D eigenvalue weighted by atomic mass is 32.1. The van der Waals surface area contributed by atoms with Gasteiger partial charge < -0.3 is 5.32 Å². The third kappa shape index (κ3) is 2.98. The zero-order valence-electron chi connectivity index (χ0n) is 12.9. The van der Waals surface area contributed by atoms with Gasteiger partial charge in [-0.1, -0.05) is 0 Å². The smallest absolute Gasteiger partial charge is 0.0536 e. The Labute approximate surface area is 136 Å². The normalized spacial score (nSPS) is 23.2. The minimum absolute atomic E-state index is 0.603. The molecule has 2 aromatic heterocycles. The molecule has 118 valence electrons. The molecule has 0 amide bonds. The third-order valence-electron chi connectivity index (χ3n) is 5.33. The Morgan fingerprint density at radius 1 is 1.41 bits per heavy atom. The van der Waals surface area contributed by atoms with Crippen molar-refractivity contribution in [3.05, 3.63) is 40.8 Å². The van der Waals surface area contributed by atoms with Crippen LogP contribution in [-0.4, -0.2) is 40.4 Å². The quantitative estimate of drug-likeness (QED) is 0.889. The molecule has 3 heterocycles. The van der Waals surface area contributed by atoms with Gasteiger partial charge in [0.05, 0.1) is 6.54 Å². The molecule has 0 radical (unpaired) electrons. The Bertz CT molecular complexity index is 572. The summed E-state index contributed by atoms with van der Waals surface area (Å²) < 4.78 is 2.05. The van der Waals surface area contributed by atoms with Crippen molar-refractivity contribution in [1.82, 2.24) is 20.0 Å². The van der Waals surface area contributed by atoms with Gasteiger partial charge in [0.1, 0.15) is 0 Å². The number of piperidine rings is 1. The first kappa shape index (κ1) is 14.4. The lowest BCUT2D eigenvalue weighted by Crippen LogP contribution is -2.37. The van der Waals surface area contributed by atoms with Crippen LogP contribution in [0.15, 0.2) is 35.3 Å². The first-order valence-electron chi connectivity index (χ1n) is 8.29. The Hall–Kier alpha value is -1.17. The van der Waals surface area contributed by atoms with Crippen LogP contribution in [0.25, 0.3) is 0 Å². The Balaban J connectivity index is 1.43. The third-order valence-corrected chi connectivity index (χ3v) is 6.06. The van der Waals surface area contributed by atoms with Crippen LogP contribution in [0.3, 0.4) is 0 Å². The highest BCUT2D eigenvalue weighted by Crippen LogP contribution is 2.55. The molecule has 0 unspecified atom stereocenters. The number of nitrogens with zero attached hydrogens (tertiary/aromatic N) is 3. The average Bonchev–Trinajstić information content (AvgIpc) is 2.98. The number of thiophene rings is 1. The van der Waals surface area contributed by atoms with Crippen LogP contribution >= 0.6 is 11.3 Å². The first-order chi connectivity index (χ1) is 10.9. The molecule has 1 saturated heterocycles. The molecule has 2 aromatic rings. The monoisotopic (exact) mass is 316 g/mol. The molecule has 1 saturated carbocycles. The zero-order chi connectivity index (χ0) is 14.8. The van der Waals surface area contributed by atoms with Crippen LogP contribution in [0.4, 0.5) is 0 Å². The van der Waals surface area contributed by atoms with Gasteiger partial charge in [-0.05, 0) is 66.2 Å². The lowest BCUT2D eigenvalue weighted by atomic mass is 9.93. The van der Waals surface area contributed by atoms with Crippen molar-refractivity contribution in [2.75, 3.05) is 19.6 Å². The lowest BCUT2D eigenvalue weighted by molar-refractivity contribution is 0.187. The van der Waals surface area contributed by atoms with Crippen LogP contribution in [-0.2, 0) is 13.1 Å². The maximum absolute atomic E-state index is 4.35. The molecule has 0 bridgehead atoms. The van der Waals surface area contributed by atoms with Gasteiger partial charge in [0.25, 0.3) is 0 Å². The van der Waals surface area contributed by atoms with Gasteiger partial charge >= 0.3 is 0 Å². The van der Waals surface area contributed by atoms with Crippen molar-refractivity contribution in [3.8, 4) is 0 Å². The highest BCUT2D eigenvalue weighted by Gasteiger charge is 2.56. The molecule has 1 atom stereocenters. The Kier molecular flexibility index (Phi) is 4.03. The molecule has 1 aliphatic heterocycles. The van der Waals surface area contributed by atoms with Crippen LogP contribution in [0.1, 0.15) is 24.8 Å². The molecule has 2 fully saturated rings. The summed E-state index contributed by atoms with van der Waals surface area (Å²) in [5.74, 6) is 0. The molecule has 4 nitrogen and oxygen atoms in total. The number of nitrogens with one attached hydrogen (secondary N) is 1. The van der Waals surface area contributed by atoms with Crippen molar-refractivity contribution >= 4 is 11.3 Å². The summed E-state index contributed by atoms with van der Waals surface area (Å²) in [5.41, 5.74) is 2.06. The van der Waals surface area contributed by atoms with E-state index in [1.807, 2.05) is 12.3 Å². The van der Waals surface area contributed by atoms with Crippen molar-refractivity contribution in [1.29, 1.82) is 0 Å². The molecule has 4 rings (SSSR count). The molecule has 0 aromatic carbocycles. The van der Waals surface area contributed by atoms with Gasteiger partial charge in [-0.15, -0.1) is 0 Å². The SMILES string of the molecule is c1cnn(CCN(Cc2ccsc2)[C@H]2CC23CCNCC3)c1. The fraction of sp³-hybridized carbons (Fsp3) is 0.588. The minimum Gasteiger partial charge on any atom is -0.317 e. The molecular weight excluding hydrogens is 292 g/mol. The lowest BCUT2D eigenvalue weighted by Gasteiger charge is -2.29. The van der Waals surface area contributed by atoms with Crippen molar-refractivity contribution < 1.29 is 0 Å². The summed E-state index contributed by atoms with van der Waals surface area (Å²) >= 11 is 1.80. The van der Waals surface area contributed by atoms with Gasteiger partial charge in [-0.25, -0.2) is 0 Å². The molecular formula is C17H24N4S. The maximum atomic E-state index is 4.35. The Morgan fingerprint density at radius 3 is 3.05 bits per heavy atom. The van der Waals surface area contributed by atoms with E-state index in [1.54, 1.807) is 11.3 Å². The predicted molar refractivity (Wildman–Crippen MR) is 89.9 cm³/mol. The standard InChI is InChI=1S/C17H24N4S/c1-5-19-21(8-1)10-9-20(13-15-2-11-22-14-15)16-12-17(16)3-6-18-7-4-17/h1-2,5,8,11,14,16,18H,3-4,6-7,9-10,12-13H2/t16-/m0/s1. The summed E-state index contributed by atoms with van der Waals surface area (Å²) in [7, 11) is 0. The first-order valence-corrected chi connectivity index (χ1v) is 9.23. The van der Waals surface area contributed by atoms with Crippen molar-refractivity contribution in [2.45, 2.75) is 38.4 Å². The van der Waals surface area contributed by atoms with E-state index in [9.17, 15) is 0 Å². The van der Waals surface area contributed by atoms with E-state index in [4.69, 9.17) is 0 Å². The van der Waals surface area contributed by atoms with E-state index in [0.717, 1.165) is 25.7 Å². The van der Waals surface area contributed by atoms with E-state index >= 15 is 0 Å². The largest absolute Gasteiger partial charge is 0.317 e. The summed E-state index contributed by atoms with van der Waals surface area (Å²) in [6.07, 6.45) is 8.02. The molecule has 1 aliphatic carbocycles. The fourth-order valence-corrected chi connectivity index (χ4v) is 4.59. The maximum Gasteiger partial charge on any atom is 0.0536 e. The fourth-order valence-electron chi connectivity index (χ4n) is 3.93. The van der Waals surface area contributed by atoms with Crippen molar-refractivity contribution in [3.63, 3.8) is 0 Å². The molecule has 1 N–H and O–H groups in total. The number of aromatic nitrogens is 2. The molecule has 2 aliphatic rings. The zero-order valence-corrected chi connectivity index (χ0v) is 13.8. The van der Waals surface area contributed by atoms with E-state index < -0.39 is 0 Å². The van der Waals surface area contributed by atoms with E-state index in [1.165, 1.54) is 37.9 Å². The second-order valence-corrected chi connectivity index (χ2v) is 7.48. The average molecular weight is 316 g/mol. The van der Waals surface area contributed by atoms with Gasteiger partial charge in [-0.2, -0.15) is 16.4 Å². The van der Waals surface area contributed by atoms with E-state index in [0.29, 0.717) is 5.41 Å². The van der Waals surface area contributed by atoms with Crippen LogP contribution < -0.4 is 5.32 Å². The van der Waals surface area contributed by atoms with Crippen LogP contribution in [0.5, 0.6) is 0 Å². The van der Waals surface area contributed by atoms with E-state index in [-0.39, 0.29) is 0 Å². The summed E-state index contributed by atoms with van der Waals surface area (Å²) in [6.45, 7) is 5.56. The number of hydrogen-bond acceptors (Lipinski definition) is 4. The van der Waals surface area contributed by atoms with Gasteiger partial charge in [0, 0.05) is 31.5 Å². The topological polar surface area (TPSA) is 33.1 Å². The number of rotatable bonds is 6. The van der Waals surface area contributed by atoms with Gasteiger partial charge in [0.15, 0.2) is 0 Å². The predicted octanol–water partition coefficient (Wildman–Crippen LogP) is 2.59. The van der Waals surface area contributed by atoms with E-state index in [2.05, 4.69) is 43.0 Å². The Morgan fingerprint density at radius 2 is 2.32 bits per heavy atom. The second-order valence-electron chi connectivity index (χ2n) is 6.70. The molecule has 22 heavy (non-hydrogen) atoms. The summed E-state index contributed by atoms with van der Waals surface area (Å²) in [4.78, 5) is 2.70.